The lowest BCUT2D eigenvalue weighted by atomic mass is 9.97. The van der Waals surface area contributed by atoms with Crippen molar-refractivity contribution < 1.29 is 14.3 Å². The van der Waals surface area contributed by atoms with E-state index in [9.17, 15) is 9.59 Å². The molecule has 1 aromatic rings. The standard InChI is InChI=1S/C16H21BrN2O3/c1-22-15(20)9-14(11-4-6-13(17)7-5-11)19-16(21)12-3-2-8-18-10-12/h4-7,12,14,18H,2-3,8-10H2,1H3,(H,19,21). The maximum absolute atomic E-state index is 12.4. The fourth-order valence-corrected chi connectivity index (χ4v) is 2.83. The lowest BCUT2D eigenvalue weighted by molar-refractivity contribution is -0.141. The van der Waals surface area contributed by atoms with Gasteiger partial charge in [0.05, 0.1) is 25.5 Å². The molecule has 120 valence electrons. The molecule has 0 spiro atoms. The van der Waals surface area contributed by atoms with Crippen molar-refractivity contribution in [1.82, 2.24) is 10.6 Å². The van der Waals surface area contributed by atoms with Gasteiger partial charge in [0.25, 0.3) is 0 Å². The van der Waals surface area contributed by atoms with Crippen LogP contribution in [-0.2, 0) is 14.3 Å². The Hall–Kier alpha value is -1.40. The van der Waals surface area contributed by atoms with E-state index in [1.807, 2.05) is 24.3 Å². The molecule has 2 N–H and O–H groups in total. The quantitative estimate of drug-likeness (QED) is 0.781. The Morgan fingerprint density at radius 2 is 2.14 bits per heavy atom. The lowest BCUT2D eigenvalue weighted by Gasteiger charge is -2.25. The van der Waals surface area contributed by atoms with Crippen LogP contribution in [0.4, 0.5) is 0 Å². The van der Waals surface area contributed by atoms with Crippen molar-refractivity contribution in [2.75, 3.05) is 20.2 Å². The van der Waals surface area contributed by atoms with E-state index in [0.29, 0.717) is 6.54 Å². The van der Waals surface area contributed by atoms with E-state index in [1.165, 1.54) is 7.11 Å². The van der Waals surface area contributed by atoms with Gasteiger partial charge in [-0.2, -0.15) is 0 Å². The Kier molecular flexibility index (Phi) is 6.39. The maximum Gasteiger partial charge on any atom is 0.307 e. The van der Waals surface area contributed by atoms with Crippen LogP contribution in [0.2, 0.25) is 0 Å². The molecule has 2 rings (SSSR count). The number of esters is 1. The van der Waals surface area contributed by atoms with Crippen LogP contribution in [0.1, 0.15) is 30.9 Å². The topological polar surface area (TPSA) is 67.4 Å². The summed E-state index contributed by atoms with van der Waals surface area (Å²) in [5, 5.41) is 6.22. The number of benzene rings is 1. The highest BCUT2D eigenvalue weighted by atomic mass is 79.9. The van der Waals surface area contributed by atoms with Crippen LogP contribution in [0.15, 0.2) is 28.7 Å². The molecule has 1 amide bonds. The number of methoxy groups -OCH3 is 1. The summed E-state index contributed by atoms with van der Waals surface area (Å²) in [5.74, 6) is -0.386. The van der Waals surface area contributed by atoms with Gasteiger partial charge in [0.1, 0.15) is 0 Å². The molecule has 6 heteroatoms. The Labute approximate surface area is 138 Å². The molecule has 1 aromatic carbocycles. The summed E-state index contributed by atoms with van der Waals surface area (Å²) in [6, 6.07) is 7.23. The third-order valence-corrected chi connectivity index (χ3v) is 4.38. The molecule has 0 aliphatic carbocycles. The molecule has 1 heterocycles. The molecule has 1 fully saturated rings. The number of halogens is 1. The molecule has 0 aromatic heterocycles. The molecule has 2 atom stereocenters. The minimum Gasteiger partial charge on any atom is -0.469 e. The fourth-order valence-electron chi connectivity index (χ4n) is 2.56. The van der Waals surface area contributed by atoms with Gasteiger partial charge in [0.2, 0.25) is 5.91 Å². The number of carbonyl (C=O) groups is 2. The van der Waals surface area contributed by atoms with Gasteiger partial charge in [-0.15, -0.1) is 0 Å². The number of amides is 1. The second-order valence-electron chi connectivity index (χ2n) is 5.44. The van der Waals surface area contributed by atoms with E-state index < -0.39 is 0 Å². The summed E-state index contributed by atoms with van der Waals surface area (Å²) >= 11 is 3.39. The van der Waals surface area contributed by atoms with E-state index in [0.717, 1.165) is 29.4 Å². The van der Waals surface area contributed by atoms with E-state index in [4.69, 9.17) is 4.74 Å². The molecule has 22 heavy (non-hydrogen) atoms. The lowest BCUT2D eigenvalue weighted by Crippen LogP contribution is -2.42. The number of nitrogens with one attached hydrogen (secondary N) is 2. The Morgan fingerprint density at radius 1 is 1.41 bits per heavy atom. The summed E-state index contributed by atoms with van der Waals surface area (Å²) in [5.41, 5.74) is 0.894. The summed E-state index contributed by atoms with van der Waals surface area (Å²) in [4.78, 5) is 24.0. The zero-order valence-electron chi connectivity index (χ0n) is 12.6. The van der Waals surface area contributed by atoms with Gasteiger partial charge in [0.15, 0.2) is 0 Å². The minimum absolute atomic E-state index is 0.0102. The summed E-state index contributed by atoms with van der Waals surface area (Å²) < 4.78 is 5.70. The predicted octanol–water partition coefficient (Wildman–Crippen LogP) is 2.17. The molecule has 1 aliphatic rings. The Balaban J connectivity index is 2.07. The number of hydrogen-bond donors (Lipinski definition) is 2. The van der Waals surface area contributed by atoms with Crippen molar-refractivity contribution in [3.8, 4) is 0 Å². The second-order valence-corrected chi connectivity index (χ2v) is 6.35. The summed E-state index contributed by atoms with van der Waals surface area (Å²) in [6.45, 7) is 1.65. The highest BCUT2D eigenvalue weighted by molar-refractivity contribution is 9.10. The van der Waals surface area contributed by atoms with Crippen LogP contribution < -0.4 is 10.6 Å². The Morgan fingerprint density at radius 3 is 2.73 bits per heavy atom. The summed E-state index contributed by atoms with van der Waals surface area (Å²) in [7, 11) is 1.36. The first-order valence-corrected chi connectivity index (χ1v) is 8.23. The van der Waals surface area contributed by atoms with Gasteiger partial charge >= 0.3 is 5.97 Å². The SMILES string of the molecule is COC(=O)CC(NC(=O)C1CCCNC1)c1ccc(Br)cc1. The first-order chi connectivity index (χ1) is 10.6. The second kappa shape index (κ2) is 8.29. The number of ether oxygens (including phenoxy) is 1. The highest BCUT2D eigenvalue weighted by Crippen LogP contribution is 2.21. The van der Waals surface area contributed by atoms with E-state index in [1.54, 1.807) is 0 Å². The van der Waals surface area contributed by atoms with Crippen LogP contribution >= 0.6 is 15.9 Å². The first-order valence-electron chi connectivity index (χ1n) is 7.43. The van der Waals surface area contributed by atoms with Crippen LogP contribution in [0.5, 0.6) is 0 Å². The summed E-state index contributed by atoms with van der Waals surface area (Å²) in [6.07, 6.45) is 2.01. The molecule has 0 saturated carbocycles. The van der Waals surface area contributed by atoms with Crippen LogP contribution in [-0.4, -0.2) is 32.1 Å². The third kappa shape index (κ3) is 4.81. The third-order valence-electron chi connectivity index (χ3n) is 3.85. The zero-order valence-corrected chi connectivity index (χ0v) is 14.2. The van der Waals surface area contributed by atoms with E-state index in [-0.39, 0.29) is 30.3 Å². The van der Waals surface area contributed by atoms with Gasteiger partial charge in [-0.3, -0.25) is 9.59 Å². The van der Waals surface area contributed by atoms with Crippen molar-refractivity contribution >= 4 is 27.8 Å². The molecule has 0 radical (unpaired) electrons. The maximum atomic E-state index is 12.4. The molecule has 5 nitrogen and oxygen atoms in total. The first kappa shape index (κ1) is 17.0. The van der Waals surface area contributed by atoms with Crippen LogP contribution in [0.3, 0.4) is 0 Å². The van der Waals surface area contributed by atoms with Gasteiger partial charge in [-0.1, -0.05) is 28.1 Å². The van der Waals surface area contributed by atoms with Crippen molar-refractivity contribution in [3.05, 3.63) is 34.3 Å². The van der Waals surface area contributed by atoms with Crippen LogP contribution in [0, 0.1) is 5.92 Å². The normalized spacial score (nSPS) is 19.3. The Bertz CT molecular complexity index is 513. The molecule has 2 unspecified atom stereocenters. The number of piperidine rings is 1. The molecule has 1 saturated heterocycles. The molecule has 1 aliphatic heterocycles. The number of hydrogen-bond acceptors (Lipinski definition) is 4. The van der Waals surface area contributed by atoms with E-state index in [2.05, 4.69) is 26.6 Å². The zero-order chi connectivity index (χ0) is 15.9. The van der Waals surface area contributed by atoms with E-state index >= 15 is 0 Å². The predicted molar refractivity (Wildman–Crippen MR) is 87.3 cm³/mol. The fraction of sp³-hybridized carbons (Fsp3) is 0.500. The van der Waals surface area contributed by atoms with Gasteiger partial charge in [-0.25, -0.2) is 0 Å². The van der Waals surface area contributed by atoms with Crippen molar-refractivity contribution in [2.45, 2.75) is 25.3 Å². The van der Waals surface area contributed by atoms with Crippen LogP contribution in [0.25, 0.3) is 0 Å². The molecular formula is C16H21BrN2O3. The number of rotatable bonds is 5. The average Bonchev–Trinajstić information content (AvgIpc) is 2.55. The molecule has 0 bridgehead atoms. The van der Waals surface area contributed by atoms with Crippen molar-refractivity contribution in [2.24, 2.45) is 5.92 Å². The van der Waals surface area contributed by atoms with Gasteiger partial charge in [-0.05, 0) is 37.1 Å². The largest absolute Gasteiger partial charge is 0.469 e. The average molecular weight is 369 g/mol. The minimum atomic E-state index is -0.366. The van der Waals surface area contributed by atoms with Gasteiger partial charge < -0.3 is 15.4 Å². The highest BCUT2D eigenvalue weighted by Gasteiger charge is 2.25. The van der Waals surface area contributed by atoms with Crippen molar-refractivity contribution in [1.29, 1.82) is 0 Å². The van der Waals surface area contributed by atoms with Crippen molar-refractivity contribution in [3.63, 3.8) is 0 Å². The smallest absolute Gasteiger partial charge is 0.307 e. The van der Waals surface area contributed by atoms with Gasteiger partial charge in [0, 0.05) is 11.0 Å². The monoisotopic (exact) mass is 368 g/mol. The number of carbonyl (C=O) groups excluding carboxylic acids is 2. The molecular weight excluding hydrogens is 348 g/mol.